The van der Waals surface area contributed by atoms with Gasteiger partial charge in [-0.1, -0.05) is 62.4 Å². The minimum atomic E-state index is -0.672. The summed E-state index contributed by atoms with van der Waals surface area (Å²) in [5, 5.41) is 5.72. The van der Waals surface area contributed by atoms with Gasteiger partial charge in [0.05, 0.1) is 0 Å². The lowest BCUT2D eigenvalue weighted by molar-refractivity contribution is -0.124. The van der Waals surface area contributed by atoms with Gasteiger partial charge >= 0.3 is 6.09 Å². The van der Waals surface area contributed by atoms with Crippen molar-refractivity contribution < 1.29 is 14.3 Å². The van der Waals surface area contributed by atoms with E-state index in [0.29, 0.717) is 6.54 Å². The number of rotatable bonds is 8. The SMILES string of the molecule is CC(C)[C@H](NC(=O)OCc1ccccc1)C(=O)NCc1ccccc1N1CCN(C)CC1. The summed E-state index contributed by atoms with van der Waals surface area (Å²) in [6.45, 7) is 8.34. The second-order valence-corrected chi connectivity index (χ2v) is 8.56. The number of benzene rings is 2. The maximum Gasteiger partial charge on any atom is 0.408 e. The third-order valence-electron chi connectivity index (χ3n) is 5.72. The molecule has 1 aliphatic heterocycles. The summed E-state index contributed by atoms with van der Waals surface area (Å²) in [5.74, 6) is -0.294. The lowest BCUT2D eigenvalue weighted by atomic mass is 10.0. The van der Waals surface area contributed by atoms with Crippen LogP contribution in [0, 0.1) is 5.92 Å². The van der Waals surface area contributed by atoms with Crippen LogP contribution in [0.15, 0.2) is 54.6 Å². The van der Waals surface area contributed by atoms with Gasteiger partial charge in [-0.2, -0.15) is 0 Å². The molecule has 2 aromatic carbocycles. The number of nitrogens with zero attached hydrogens (tertiary/aromatic N) is 2. The van der Waals surface area contributed by atoms with Gasteiger partial charge in [0.2, 0.25) is 5.91 Å². The lowest BCUT2D eigenvalue weighted by Crippen LogP contribution is -2.49. The van der Waals surface area contributed by atoms with Gasteiger partial charge in [0, 0.05) is 38.4 Å². The Kier molecular flexibility index (Phi) is 8.50. The van der Waals surface area contributed by atoms with E-state index in [9.17, 15) is 9.59 Å². The molecule has 0 bridgehead atoms. The van der Waals surface area contributed by atoms with Crippen molar-refractivity contribution in [3.8, 4) is 0 Å². The highest BCUT2D eigenvalue weighted by Crippen LogP contribution is 2.21. The molecule has 2 amide bonds. The van der Waals surface area contributed by atoms with Crippen molar-refractivity contribution in [1.29, 1.82) is 0 Å². The molecule has 0 saturated carbocycles. The number of likely N-dealkylation sites (N-methyl/N-ethyl adjacent to an activating group) is 1. The van der Waals surface area contributed by atoms with Crippen molar-refractivity contribution in [1.82, 2.24) is 15.5 Å². The summed E-state index contributed by atoms with van der Waals surface area (Å²) in [5.41, 5.74) is 3.12. The lowest BCUT2D eigenvalue weighted by Gasteiger charge is -2.35. The van der Waals surface area contributed by atoms with Crippen LogP contribution in [0.5, 0.6) is 0 Å². The van der Waals surface area contributed by atoms with Crippen molar-refractivity contribution in [2.45, 2.75) is 33.0 Å². The first-order valence-corrected chi connectivity index (χ1v) is 11.2. The van der Waals surface area contributed by atoms with Gasteiger partial charge in [0.15, 0.2) is 0 Å². The molecule has 172 valence electrons. The molecule has 1 saturated heterocycles. The Bertz CT molecular complexity index is 880. The Morgan fingerprint density at radius 3 is 2.31 bits per heavy atom. The Morgan fingerprint density at radius 1 is 0.969 bits per heavy atom. The number of ether oxygens (including phenoxy) is 1. The maximum atomic E-state index is 12.9. The fourth-order valence-electron chi connectivity index (χ4n) is 3.74. The highest BCUT2D eigenvalue weighted by atomic mass is 16.5. The number of para-hydroxylation sites is 1. The van der Waals surface area contributed by atoms with E-state index >= 15 is 0 Å². The Morgan fingerprint density at radius 2 is 1.62 bits per heavy atom. The van der Waals surface area contributed by atoms with Crippen molar-refractivity contribution in [2.24, 2.45) is 5.92 Å². The molecule has 1 heterocycles. The molecule has 0 radical (unpaired) electrons. The van der Waals surface area contributed by atoms with Gasteiger partial charge < -0.3 is 25.2 Å². The number of anilines is 1. The minimum absolute atomic E-state index is 0.0767. The second kappa shape index (κ2) is 11.5. The Labute approximate surface area is 190 Å². The average Bonchev–Trinajstić information content (AvgIpc) is 2.81. The summed E-state index contributed by atoms with van der Waals surface area (Å²) >= 11 is 0. The fraction of sp³-hybridized carbons (Fsp3) is 0.440. The van der Waals surface area contributed by atoms with Gasteiger partial charge in [-0.15, -0.1) is 0 Å². The van der Waals surface area contributed by atoms with Crippen LogP contribution in [0.1, 0.15) is 25.0 Å². The number of carbonyl (C=O) groups is 2. The van der Waals surface area contributed by atoms with E-state index < -0.39 is 12.1 Å². The molecule has 0 aromatic heterocycles. The van der Waals surface area contributed by atoms with Crippen LogP contribution in [0.3, 0.4) is 0 Å². The van der Waals surface area contributed by atoms with Crippen molar-refractivity contribution in [2.75, 3.05) is 38.1 Å². The van der Waals surface area contributed by atoms with E-state index in [2.05, 4.69) is 33.5 Å². The van der Waals surface area contributed by atoms with E-state index in [0.717, 1.165) is 43.0 Å². The molecule has 2 N–H and O–H groups in total. The van der Waals surface area contributed by atoms with Gasteiger partial charge in [0.1, 0.15) is 12.6 Å². The molecule has 1 aliphatic rings. The molecular formula is C25H34N4O3. The van der Waals surface area contributed by atoms with Crippen molar-refractivity contribution >= 4 is 17.7 Å². The largest absolute Gasteiger partial charge is 0.445 e. The molecule has 1 atom stereocenters. The van der Waals surface area contributed by atoms with Crippen molar-refractivity contribution in [3.63, 3.8) is 0 Å². The predicted molar refractivity (Wildman–Crippen MR) is 126 cm³/mol. The van der Waals surface area contributed by atoms with Crippen LogP contribution < -0.4 is 15.5 Å². The molecule has 0 spiro atoms. The number of alkyl carbamates (subject to hydrolysis) is 1. The van der Waals surface area contributed by atoms with Crippen LogP contribution in [0.25, 0.3) is 0 Å². The monoisotopic (exact) mass is 438 g/mol. The van der Waals surface area contributed by atoms with E-state index in [4.69, 9.17) is 4.74 Å². The summed E-state index contributed by atoms with van der Waals surface area (Å²) in [4.78, 5) is 29.8. The molecule has 2 aromatic rings. The summed E-state index contributed by atoms with van der Waals surface area (Å²) in [6.07, 6.45) is -0.597. The molecule has 0 unspecified atom stereocenters. The first-order chi connectivity index (χ1) is 15.4. The zero-order valence-corrected chi connectivity index (χ0v) is 19.2. The van der Waals surface area contributed by atoms with Crippen LogP contribution in [-0.4, -0.2) is 56.2 Å². The summed E-state index contributed by atoms with van der Waals surface area (Å²) in [6, 6.07) is 16.9. The number of hydrogen-bond acceptors (Lipinski definition) is 5. The summed E-state index contributed by atoms with van der Waals surface area (Å²) in [7, 11) is 2.13. The van der Waals surface area contributed by atoms with Crippen LogP contribution in [0.4, 0.5) is 10.5 Å². The molecule has 1 fully saturated rings. The number of nitrogens with one attached hydrogen (secondary N) is 2. The number of hydrogen-bond donors (Lipinski definition) is 2. The van der Waals surface area contributed by atoms with E-state index in [1.807, 2.05) is 62.4 Å². The molecule has 3 rings (SSSR count). The topological polar surface area (TPSA) is 73.9 Å². The normalized spacial score (nSPS) is 15.3. The first kappa shape index (κ1) is 23.6. The highest BCUT2D eigenvalue weighted by Gasteiger charge is 2.25. The maximum absolute atomic E-state index is 12.9. The van der Waals surface area contributed by atoms with Crippen LogP contribution in [-0.2, 0) is 22.7 Å². The highest BCUT2D eigenvalue weighted by molar-refractivity contribution is 5.86. The second-order valence-electron chi connectivity index (χ2n) is 8.56. The Hall–Kier alpha value is -3.06. The summed E-state index contributed by atoms with van der Waals surface area (Å²) < 4.78 is 5.29. The zero-order valence-electron chi connectivity index (χ0n) is 19.2. The zero-order chi connectivity index (χ0) is 22.9. The standard InChI is InChI=1S/C25H34N4O3/c1-19(2)23(27-25(31)32-18-20-9-5-4-6-10-20)24(30)26-17-21-11-7-8-12-22(21)29-15-13-28(3)14-16-29/h4-12,19,23H,13-18H2,1-3H3,(H,26,30)(H,27,31)/t23-/m0/s1. The van der Waals surface area contributed by atoms with Gasteiger partial charge in [0.25, 0.3) is 0 Å². The van der Waals surface area contributed by atoms with E-state index in [-0.39, 0.29) is 18.4 Å². The number of carbonyl (C=O) groups excluding carboxylic acids is 2. The van der Waals surface area contributed by atoms with E-state index in [1.54, 1.807) is 0 Å². The van der Waals surface area contributed by atoms with Crippen LogP contribution in [0.2, 0.25) is 0 Å². The van der Waals surface area contributed by atoms with Gasteiger partial charge in [-0.25, -0.2) is 4.79 Å². The third-order valence-corrected chi connectivity index (χ3v) is 5.72. The van der Waals surface area contributed by atoms with Gasteiger partial charge in [-0.05, 0) is 30.2 Å². The third kappa shape index (κ3) is 6.72. The smallest absolute Gasteiger partial charge is 0.408 e. The quantitative estimate of drug-likeness (QED) is 0.663. The molecule has 0 aliphatic carbocycles. The Balaban J connectivity index is 1.55. The molecule has 32 heavy (non-hydrogen) atoms. The number of amides is 2. The predicted octanol–water partition coefficient (Wildman–Crippen LogP) is 3.01. The molecular weight excluding hydrogens is 404 g/mol. The fourth-order valence-corrected chi connectivity index (χ4v) is 3.74. The first-order valence-electron chi connectivity index (χ1n) is 11.2. The minimum Gasteiger partial charge on any atom is -0.445 e. The van der Waals surface area contributed by atoms with Crippen molar-refractivity contribution in [3.05, 3.63) is 65.7 Å². The molecule has 7 nitrogen and oxygen atoms in total. The number of piperazine rings is 1. The van der Waals surface area contributed by atoms with E-state index in [1.165, 1.54) is 0 Å². The van der Waals surface area contributed by atoms with Crippen LogP contribution >= 0.6 is 0 Å². The van der Waals surface area contributed by atoms with Gasteiger partial charge in [-0.3, -0.25) is 4.79 Å². The average molecular weight is 439 g/mol. The molecule has 7 heteroatoms.